The van der Waals surface area contributed by atoms with E-state index in [9.17, 15) is 4.79 Å². The van der Waals surface area contributed by atoms with Crippen LogP contribution in [0.4, 0.5) is 0 Å². The van der Waals surface area contributed by atoms with Crippen LogP contribution in [-0.2, 0) is 4.79 Å². The second-order valence-electron chi connectivity index (χ2n) is 3.79. The Bertz CT molecular complexity index is 428. The lowest BCUT2D eigenvalue weighted by atomic mass is 10.1. The molecule has 1 amide bonds. The third-order valence-electron chi connectivity index (χ3n) is 2.26. The smallest absolute Gasteiger partial charge is 0.259 e. The van der Waals surface area contributed by atoms with Gasteiger partial charge in [-0.2, -0.15) is 0 Å². The maximum atomic E-state index is 11.3. The molecule has 1 aromatic rings. The van der Waals surface area contributed by atoms with Crippen LogP contribution in [0.5, 0.6) is 5.75 Å². The number of carbonyl (C=O) groups is 1. The summed E-state index contributed by atoms with van der Waals surface area (Å²) >= 11 is 0. The molecule has 0 saturated carbocycles. The van der Waals surface area contributed by atoms with Crippen LogP contribution in [0.25, 0.3) is 0 Å². The van der Waals surface area contributed by atoms with E-state index >= 15 is 0 Å². The molecule has 0 fully saturated rings. The highest BCUT2D eigenvalue weighted by Crippen LogP contribution is 2.14. The summed E-state index contributed by atoms with van der Waals surface area (Å²) in [6.07, 6.45) is 0. The predicted molar refractivity (Wildman–Crippen MR) is 64.6 cm³/mol. The van der Waals surface area contributed by atoms with Crippen LogP contribution < -0.4 is 4.74 Å². The lowest BCUT2D eigenvalue weighted by Gasteiger charge is -2.11. The number of nitrogens with zero attached hydrogens (tertiary/aromatic N) is 2. The fourth-order valence-corrected chi connectivity index (χ4v) is 1.14. The predicted octanol–water partition coefficient (Wildman–Crippen LogP) is 1.35. The third-order valence-corrected chi connectivity index (χ3v) is 2.26. The van der Waals surface area contributed by atoms with Crippen molar-refractivity contribution < 1.29 is 14.7 Å². The van der Waals surface area contributed by atoms with Gasteiger partial charge in [-0.15, -0.1) is 0 Å². The zero-order chi connectivity index (χ0) is 12.8. The van der Waals surface area contributed by atoms with Gasteiger partial charge in [0.1, 0.15) is 5.75 Å². The number of rotatable bonds is 4. The molecular weight excluding hydrogens is 220 g/mol. The number of likely N-dealkylation sites (N-methyl/N-ethyl adjacent to an activating group) is 1. The second-order valence-corrected chi connectivity index (χ2v) is 3.79. The van der Waals surface area contributed by atoms with Crippen LogP contribution in [0.3, 0.4) is 0 Å². The van der Waals surface area contributed by atoms with E-state index in [-0.39, 0.29) is 12.5 Å². The summed E-state index contributed by atoms with van der Waals surface area (Å²) in [5.74, 6) is 0.462. The molecule has 5 nitrogen and oxygen atoms in total. The van der Waals surface area contributed by atoms with Gasteiger partial charge in [0.2, 0.25) is 0 Å². The van der Waals surface area contributed by atoms with Crippen molar-refractivity contribution in [3.63, 3.8) is 0 Å². The maximum absolute atomic E-state index is 11.3. The van der Waals surface area contributed by atoms with Crippen LogP contribution in [-0.4, -0.2) is 42.4 Å². The Morgan fingerprint density at radius 2 is 2.18 bits per heavy atom. The Labute approximate surface area is 100 Å². The van der Waals surface area contributed by atoms with Crippen molar-refractivity contribution in [2.45, 2.75) is 6.92 Å². The minimum Gasteiger partial charge on any atom is -0.484 e. The molecule has 92 valence electrons. The first-order valence-corrected chi connectivity index (χ1v) is 5.16. The fourth-order valence-electron chi connectivity index (χ4n) is 1.14. The summed E-state index contributed by atoms with van der Waals surface area (Å²) in [6.45, 7) is 1.68. The quantitative estimate of drug-likeness (QED) is 0.487. The first-order chi connectivity index (χ1) is 8.04. The van der Waals surface area contributed by atoms with E-state index in [0.717, 1.165) is 5.56 Å². The molecule has 0 spiro atoms. The summed E-state index contributed by atoms with van der Waals surface area (Å²) in [6, 6.07) is 7.05. The molecule has 0 atom stereocenters. The van der Waals surface area contributed by atoms with Crippen molar-refractivity contribution in [2.75, 3.05) is 20.7 Å². The minimum absolute atomic E-state index is 0.00817. The van der Waals surface area contributed by atoms with Crippen molar-refractivity contribution >= 4 is 11.6 Å². The molecule has 0 heterocycles. The number of benzene rings is 1. The number of amides is 1. The normalized spacial score (nSPS) is 11.1. The van der Waals surface area contributed by atoms with Gasteiger partial charge in [0.15, 0.2) is 6.61 Å². The van der Waals surface area contributed by atoms with Crippen molar-refractivity contribution in [3.05, 3.63) is 29.8 Å². The second kappa shape index (κ2) is 5.89. The molecule has 17 heavy (non-hydrogen) atoms. The van der Waals surface area contributed by atoms with Gasteiger partial charge in [0.05, 0.1) is 5.71 Å². The van der Waals surface area contributed by atoms with E-state index in [0.29, 0.717) is 11.5 Å². The highest BCUT2D eigenvalue weighted by atomic mass is 16.5. The average molecular weight is 236 g/mol. The van der Waals surface area contributed by atoms with Gasteiger partial charge >= 0.3 is 0 Å². The molecule has 0 aliphatic heterocycles. The first kappa shape index (κ1) is 13.0. The number of oxime groups is 1. The SMILES string of the molecule is C/C(=N\O)c1cccc(OCC(=O)N(C)C)c1. The number of hydrogen-bond acceptors (Lipinski definition) is 4. The van der Waals surface area contributed by atoms with Crippen LogP contribution >= 0.6 is 0 Å². The molecule has 1 aromatic carbocycles. The maximum Gasteiger partial charge on any atom is 0.259 e. The summed E-state index contributed by atoms with van der Waals surface area (Å²) in [7, 11) is 3.34. The zero-order valence-corrected chi connectivity index (χ0v) is 10.2. The van der Waals surface area contributed by atoms with E-state index in [1.54, 1.807) is 45.3 Å². The molecule has 0 unspecified atom stereocenters. The molecule has 0 bridgehead atoms. The molecule has 1 rings (SSSR count). The monoisotopic (exact) mass is 236 g/mol. The summed E-state index contributed by atoms with van der Waals surface area (Å²) in [4.78, 5) is 12.8. The van der Waals surface area contributed by atoms with Gasteiger partial charge in [-0.05, 0) is 19.1 Å². The van der Waals surface area contributed by atoms with Gasteiger partial charge in [-0.25, -0.2) is 0 Å². The number of carbonyl (C=O) groups excluding carboxylic acids is 1. The first-order valence-electron chi connectivity index (χ1n) is 5.16. The summed E-state index contributed by atoms with van der Waals surface area (Å²) < 4.78 is 5.34. The standard InChI is InChI=1S/C12H16N2O3/c1-9(13-16)10-5-4-6-11(7-10)17-8-12(15)14(2)3/h4-7,16H,8H2,1-3H3/b13-9+. The Morgan fingerprint density at radius 1 is 1.47 bits per heavy atom. The fraction of sp³-hybridized carbons (Fsp3) is 0.333. The lowest BCUT2D eigenvalue weighted by molar-refractivity contribution is -0.130. The molecule has 0 aliphatic carbocycles. The van der Waals surface area contributed by atoms with Gasteiger partial charge < -0.3 is 14.8 Å². The number of ether oxygens (including phenoxy) is 1. The number of hydrogen-bond donors (Lipinski definition) is 1. The van der Waals surface area contributed by atoms with E-state index in [1.807, 2.05) is 0 Å². The van der Waals surface area contributed by atoms with Gasteiger partial charge in [-0.1, -0.05) is 17.3 Å². The van der Waals surface area contributed by atoms with Crippen LogP contribution in [0.15, 0.2) is 29.4 Å². The lowest BCUT2D eigenvalue weighted by Crippen LogP contribution is -2.27. The van der Waals surface area contributed by atoms with Crippen LogP contribution in [0.2, 0.25) is 0 Å². The molecule has 1 N–H and O–H groups in total. The van der Waals surface area contributed by atoms with Gasteiger partial charge in [-0.3, -0.25) is 4.79 Å². The zero-order valence-electron chi connectivity index (χ0n) is 10.2. The third kappa shape index (κ3) is 3.79. The highest BCUT2D eigenvalue weighted by molar-refractivity contribution is 5.98. The van der Waals surface area contributed by atoms with E-state index in [4.69, 9.17) is 9.94 Å². The van der Waals surface area contributed by atoms with E-state index in [1.165, 1.54) is 4.90 Å². The van der Waals surface area contributed by atoms with E-state index < -0.39 is 0 Å². The molecule has 5 heteroatoms. The minimum atomic E-state index is -0.108. The molecule has 0 aliphatic rings. The van der Waals surface area contributed by atoms with Crippen molar-refractivity contribution in [1.82, 2.24) is 4.90 Å². The van der Waals surface area contributed by atoms with Crippen molar-refractivity contribution in [1.29, 1.82) is 0 Å². The van der Waals surface area contributed by atoms with Crippen LogP contribution in [0, 0.1) is 0 Å². The topological polar surface area (TPSA) is 62.1 Å². The molecule has 0 aromatic heterocycles. The van der Waals surface area contributed by atoms with Crippen molar-refractivity contribution in [2.24, 2.45) is 5.16 Å². The molecular formula is C12H16N2O3. The van der Waals surface area contributed by atoms with E-state index in [2.05, 4.69) is 5.16 Å². The Hall–Kier alpha value is -2.04. The summed E-state index contributed by atoms with van der Waals surface area (Å²) in [5.41, 5.74) is 1.25. The largest absolute Gasteiger partial charge is 0.484 e. The van der Waals surface area contributed by atoms with Crippen LogP contribution in [0.1, 0.15) is 12.5 Å². The van der Waals surface area contributed by atoms with Crippen molar-refractivity contribution in [3.8, 4) is 5.75 Å². The van der Waals surface area contributed by atoms with Gasteiger partial charge in [0, 0.05) is 19.7 Å². The molecule has 0 saturated heterocycles. The van der Waals surface area contributed by atoms with Gasteiger partial charge in [0.25, 0.3) is 5.91 Å². The Balaban J connectivity index is 2.70. The Kier molecular flexibility index (Phi) is 4.51. The summed E-state index contributed by atoms with van der Waals surface area (Å²) in [5, 5.41) is 11.8. The average Bonchev–Trinajstić information content (AvgIpc) is 2.35. The molecule has 0 radical (unpaired) electrons. The highest BCUT2D eigenvalue weighted by Gasteiger charge is 2.05. The Morgan fingerprint density at radius 3 is 2.76 bits per heavy atom.